The average molecular weight is 323 g/mol. The number of aliphatic hydroxyl groups is 4. The minimum Gasteiger partial charge on any atom is -0.394 e. The van der Waals surface area contributed by atoms with Gasteiger partial charge in [-0.2, -0.15) is 0 Å². The maximum atomic E-state index is 10.5. The van der Waals surface area contributed by atoms with Gasteiger partial charge in [0.15, 0.2) is 6.29 Å². The Morgan fingerprint density at radius 1 is 1.39 bits per heavy atom. The standard InChI is InChI=1S/C16H21NO6/c1-2-16(21)13(19)15(20)23-12(10-18)14(16)22-9-5-7-11-6-3-4-8-17-11/h2-8,12-15,18-21H,1,9-10H2/b7-5+/t12-,13+,14+,15-,16-/m1/s1. The van der Waals surface area contributed by atoms with E-state index < -0.39 is 36.8 Å². The predicted molar refractivity (Wildman–Crippen MR) is 82.1 cm³/mol. The normalized spacial score (nSPS) is 34.6. The molecule has 1 aromatic rings. The molecule has 7 heteroatoms. The molecule has 1 fully saturated rings. The Balaban J connectivity index is 2.05. The van der Waals surface area contributed by atoms with Crippen molar-refractivity contribution in [2.75, 3.05) is 13.2 Å². The van der Waals surface area contributed by atoms with E-state index in [1.807, 2.05) is 12.1 Å². The monoisotopic (exact) mass is 323 g/mol. The van der Waals surface area contributed by atoms with Crippen LogP contribution in [0.25, 0.3) is 6.08 Å². The van der Waals surface area contributed by atoms with E-state index in [-0.39, 0.29) is 6.61 Å². The van der Waals surface area contributed by atoms with E-state index >= 15 is 0 Å². The van der Waals surface area contributed by atoms with Crippen LogP contribution in [0.1, 0.15) is 5.69 Å². The molecule has 1 aromatic heterocycles. The maximum absolute atomic E-state index is 10.5. The summed E-state index contributed by atoms with van der Waals surface area (Å²) in [5.74, 6) is 0. The van der Waals surface area contributed by atoms with Gasteiger partial charge < -0.3 is 29.9 Å². The largest absolute Gasteiger partial charge is 0.394 e. The smallest absolute Gasteiger partial charge is 0.184 e. The van der Waals surface area contributed by atoms with Crippen molar-refractivity contribution in [2.24, 2.45) is 0 Å². The molecule has 1 aliphatic heterocycles. The number of nitrogens with zero attached hydrogens (tertiary/aromatic N) is 1. The first kappa shape index (κ1) is 17.7. The van der Waals surface area contributed by atoms with E-state index in [1.165, 1.54) is 0 Å². The van der Waals surface area contributed by atoms with Crippen molar-refractivity contribution in [3.05, 3.63) is 48.8 Å². The third-order valence-corrected chi connectivity index (χ3v) is 3.71. The Hall–Kier alpha value is -1.61. The first-order valence-electron chi connectivity index (χ1n) is 7.20. The van der Waals surface area contributed by atoms with Gasteiger partial charge >= 0.3 is 0 Å². The van der Waals surface area contributed by atoms with Crippen LogP contribution < -0.4 is 0 Å². The van der Waals surface area contributed by atoms with E-state index in [2.05, 4.69) is 11.6 Å². The Morgan fingerprint density at radius 3 is 2.78 bits per heavy atom. The molecular weight excluding hydrogens is 302 g/mol. The summed E-state index contributed by atoms with van der Waals surface area (Å²) in [6, 6.07) is 5.46. The molecule has 5 atom stereocenters. The molecule has 4 N–H and O–H groups in total. The zero-order valence-corrected chi connectivity index (χ0v) is 12.5. The number of aromatic nitrogens is 1. The van der Waals surface area contributed by atoms with Crippen LogP contribution in [0.15, 0.2) is 43.1 Å². The SMILES string of the molecule is C=C[C@@]1(O)[C@@H](O)[C@H](O)O[C@H](CO)[C@@H]1OC/C=C/c1ccccn1. The second-order valence-corrected chi connectivity index (χ2v) is 5.19. The quantitative estimate of drug-likeness (QED) is 0.521. The Kier molecular flexibility index (Phi) is 6.00. The fourth-order valence-electron chi connectivity index (χ4n) is 2.44. The molecule has 0 amide bonds. The van der Waals surface area contributed by atoms with Gasteiger partial charge in [-0.1, -0.05) is 18.2 Å². The van der Waals surface area contributed by atoms with Crippen LogP contribution in [0.5, 0.6) is 0 Å². The fourth-order valence-corrected chi connectivity index (χ4v) is 2.44. The minimum atomic E-state index is -1.94. The number of pyridine rings is 1. The summed E-state index contributed by atoms with van der Waals surface area (Å²) in [5, 5.41) is 39.4. The molecule has 0 spiro atoms. The second kappa shape index (κ2) is 7.78. The minimum absolute atomic E-state index is 0.0834. The topological polar surface area (TPSA) is 112 Å². The van der Waals surface area contributed by atoms with Gasteiger partial charge in [0.2, 0.25) is 0 Å². The molecule has 0 unspecified atom stereocenters. The van der Waals surface area contributed by atoms with Gasteiger partial charge in [0.1, 0.15) is 23.9 Å². The van der Waals surface area contributed by atoms with Crippen LogP contribution >= 0.6 is 0 Å². The van der Waals surface area contributed by atoms with E-state index in [1.54, 1.807) is 24.4 Å². The third kappa shape index (κ3) is 3.84. The highest BCUT2D eigenvalue weighted by Gasteiger charge is 2.54. The molecule has 1 aliphatic rings. The Morgan fingerprint density at radius 2 is 2.17 bits per heavy atom. The summed E-state index contributed by atoms with van der Waals surface area (Å²) in [4.78, 5) is 4.12. The van der Waals surface area contributed by atoms with Crippen LogP contribution in [0, 0.1) is 0 Å². The van der Waals surface area contributed by atoms with E-state index in [4.69, 9.17) is 9.47 Å². The van der Waals surface area contributed by atoms with Gasteiger partial charge in [-0.15, -0.1) is 6.58 Å². The number of aliphatic hydroxyl groups excluding tert-OH is 3. The van der Waals surface area contributed by atoms with Crippen LogP contribution in [0.4, 0.5) is 0 Å². The molecule has 0 saturated carbocycles. The summed E-state index contributed by atoms with van der Waals surface area (Å²) in [5.41, 5.74) is -1.20. The van der Waals surface area contributed by atoms with Crippen molar-refractivity contribution in [3.63, 3.8) is 0 Å². The molecule has 0 aliphatic carbocycles. The number of hydrogen-bond donors (Lipinski definition) is 4. The molecule has 0 radical (unpaired) electrons. The van der Waals surface area contributed by atoms with E-state index in [0.717, 1.165) is 11.8 Å². The third-order valence-electron chi connectivity index (χ3n) is 3.71. The number of ether oxygens (including phenoxy) is 2. The molecule has 0 bridgehead atoms. The summed E-state index contributed by atoms with van der Waals surface area (Å²) in [6.45, 7) is 3.06. The molecule has 126 valence electrons. The van der Waals surface area contributed by atoms with Gasteiger partial charge in [0.05, 0.1) is 18.9 Å². The summed E-state index contributed by atoms with van der Waals surface area (Å²) < 4.78 is 10.6. The molecule has 2 heterocycles. The molecule has 1 saturated heterocycles. The highest BCUT2D eigenvalue weighted by molar-refractivity contribution is 5.43. The zero-order chi connectivity index (χ0) is 16.9. The summed E-state index contributed by atoms with van der Waals surface area (Å²) in [7, 11) is 0. The maximum Gasteiger partial charge on any atom is 0.184 e. The average Bonchev–Trinajstić information content (AvgIpc) is 2.58. The Labute approximate surface area is 134 Å². The van der Waals surface area contributed by atoms with Crippen molar-refractivity contribution in [2.45, 2.75) is 30.2 Å². The van der Waals surface area contributed by atoms with Crippen molar-refractivity contribution in [1.82, 2.24) is 4.98 Å². The predicted octanol–water partition coefficient (Wildman–Crippen LogP) is -0.533. The van der Waals surface area contributed by atoms with Crippen LogP contribution in [-0.2, 0) is 9.47 Å². The van der Waals surface area contributed by atoms with Gasteiger partial charge in [-0.05, 0) is 18.2 Å². The highest BCUT2D eigenvalue weighted by Crippen LogP contribution is 2.32. The van der Waals surface area contributed by atoms with Gasteiger partial charge in [-0.25, -0.2) is 0 Å². The Bertz CT molecular complexity index is 537. The van der Waals surface area contributed by atoms with Crippen LogP contribution in [0.3, 0.4) is 0 Å². The lowest BCUT2D eigenvalue weighted by Crippen LogP contribution is -2.66. The van der Waals surface area contributed by atoms with E-state index in [9.17, 15) is 20.4 Å². The van der Waals surface area contributed by atoms with Crippen LogP contribution in [-0.4, -0.2) is 68.8 Å². The van der Waals surface area contributed by atoms with E-state index in [0.29, 0.717) is 0 Å². The van der Waals surface area contributed by atoms with Crippen molar-refractivity contribution in [3.8, 4) is 0 Å². The molecule has 0 aromatic carbocycles. The van der Waals surface area contributed by atoms with Crippen molar-refractivity contribution < 1.29 is 29.9 Å². The molecule has 7 nitrogen and oxygen atoms in total. The lowest BCUT2D eigenvalue weighted by molar-refractivity contribution is -0.314. The van der Waals surface area contributed by atoms with Gasteiger partial charge in [0, 0.05) is 6.20 Å². The van der Waals surface area contributed by atoms with Gasteiger partial charge in [-0.3, -0.25) is 4.98 Å². The van der Waals surface area contributed by atoms with Crippen molar-refractivity contribution >= 4 is 6.08 Å². The summed E-state index contributed by atoms with van der Waals surface area (Å²) in [6.07, 6.45) is 0.793. The lowest BCUT2D eigenvalue weighted by Gasteiger charge is -2.46. The zero-order valence-electron chi connectivity index (χ0n) is 12.5. The fraction of sp³-hybridized carbons (Fsp3) is 0.438. The molecular formula is C16H21NO6. The van der Waals surface area contributed by atoms with Crippen LogP contribution in [0.2, 0.25) is 0 Å². The molecule has 23 heavy (non-hydrogen) atoms. The highest BCUT2D eigenvalue weighted by atomic mass is 16.7. The number of hydrogen-bond acceptors (Lipinski definition) is 7. The summed E-state index contributed by atoms with van der Waals surface area (Å²) >= 11 is 0. The van der Waals surface area contributed by atoms with Crippen molar-refractivity contribution in [1.29, 1.82) is 0 Å². The number of rotatable bonds is 6. The lowest BCUT2D eigenvalue weighted by atomic mass is 9.84. The first-order valence-corrected chi connectivity index (χ1v) is 7.20. The van der Waals surface area contributed by atoms with Gasteiger partial charge in [0.25, 0.3) is 0 Å². The first-order chi connectivity index (χ1) is 11.0. The second-order valence-electron chi connectivity index (χ2n) is 5.19. The molecule has 2 rings (SSSR count).